The predicted octanol–water partition coefficient (Wildman–Crippen LogP) is 2.24. The number of aliphatic hydroxyl groups is 1. The summed E-state index contributed by atoms with van der Waals surface area (Å²) in [7, 11) is 0. The minimum Gasteiger partial charge on any atom is -0.460 e. The number of aromatic nitrogens is 1. The highest BCUT2D eigenvalue weighted by Gasteiger charge is 2.39. The average Bonchev–Trinajstić information content (AvgIpc) is 3.57. The van der Waals surface area contributed by atoms with Gasteiger partial charge in [0, 0.05) is 31.3 Å². The van der Waals surface area contributed by atoms with E-state index in [2.05, 4.69) is 10.3 Å². The van der Waals surface area contributed by atoms with Gasteiger partial charge in [0.2, 0.25) is 5.91 Å². The Bertz CT molecular complexity index is 1100. The molecule has 2 aliphatic rings. The molecule has 1 aromatic rings. The van der Waals surface area contributed by atoms with E-state index in [0.717, 1.165) is 6.26 Å². The Morgan fingerprint density at radius 2 is 2.08 bits per heavy atom. The van der Waals surface area contributed by atoms with Gasteiger partial charge in [0.05, 0.1) is 12.5 Å². The van der Waals surface area contributed by atoms with Gasteiger partial charge < -0.3 is 30.2 Å². The van der Waals surface area contributed by atoms with E-state index in [1.165, 1.54) is 17.1 Å². The van der Waals surface area contributed by atoms with Crippen molar-refractivity contribution in [3.63, 3.8) is 0 Å². The number of allylic oxidation sites excluding steroid dienone is 2. The van der Waals surface area contributed by atoms with Crippen LogP contribution in [0.15, 0.2) is 46.6 Å². The highest BCUT2D eigenvalue weighted by Crippen LogP contribution is 2.25. The molecule has 2 amide bonds. The fraction of sp³-hybridized carbons (Fsp3) is 0.571. The first-order chi connectivity index (χ1) is 18.6. The molecule has 0 aromatic carbocycles. The lowest BCUT2D eigenvalue weighted by Crippen LogP contribution is -2.45. The van der Waals surface area contributed by atoms with E-state index >= 15 is 0 Å². The van der Waals surface area contributed by atoms with Crippen molar-refractivity contribution in [2.75, 3.05) is 19.6 Å². The third-order valence-electron chi connectivity index (χ3n) is 6.93. The molecule has 4 N–H and O–H groups in total. The highest BCUT2D eigenvalue weighted by atomic mass is 19.1. The second-order valence-corrected chi connectivity index (χ2v) is 10.3. The summed E-state index contributed by atoms with van der Waals surface area (Å²) in [6, 6.07) is -0.808. The van der Waals surface area contributed by atoms with E-state index in [4.69, 9.17) is 14.9 Å². The number of cyclic esters (lactones) is 1. The number of aliphatic hydroxyl groups excluding tert-OH is 1. The molecule has 0 radical (unpaired) electrons. The number of rotatable bonds is 2. The number of carbonyl (C=O) groups is 3. The largest absolute Gasteiger partial charge is 0.460 e. The molecule has 3 heterocycles. The Morgan fingerprint density at radius 1 is 1.31 bits per heavy atom. The molecule has 0 spiro atoms. The molecule has 0 saturated carbocycles. The van der Waals surface area contributed by atoms with Crippen LogP contribution in [0.4, 0.5) is 4.39 Å². The van der Waals surface area contributed by atoms with Crippen LogP contribution in [0.25, 0.3) is 0 Å². The molecule has 39 heavy (non-hydrogen) atoms. The Morgan fingerprint density at radius 3 is 2.82 bits per heavy atom. The first-order valence-corrected chi connectivity index (χ1v) is 13.4. The lowest BCUT2D eigenvalue weighted by molar-refractivity contribution is -0.158. The number of ether oxygens (including phenoxy) is 1. The summed E-state index contributed by atoms with van der Waals surface area (Å²) in [5, 5.41) is 13.0. The summed E-state index contributed by atoms with van der Waals surface area (Å²) >= 11 is 0. The van der Waals surface area contributed by atoms with Gasteiger partial charge in [0.25, 0.3) is 5.91 Å². The van der Waals surface area contributed by atoms with E-state index in [1.807, 2.05) is 13.8 Å². The van der Waals surface area contributed by atoms with E-state index < -0.39 is 36.3 Å². The van der Waals surface area contributed by atoms with E-state index in [-0.39, 0.29) is 55.3 Å². The van der Waals surface area contributed by atoms with E-state index in [9.17, 15) is 23.9 Å². The fourth-order valence-electron chi connectivity index (χ4n) is 4.77. The lowest BCUT2D eigenvalue weighted by atomic mass is 9.92. The van der Waals surface area contributed by atoms with Crippen molar-refractivity contribution in [3.05, 3.63) is 53.8 Å². The van der Waals surface area contributed by atoms with Crippen LogP contribution in [0.2, 0.25) is 0 Å². The number of amides is 2. The molecule has 1 aromatic heterocycles. The molecule has 3 rings (SSSR count). The Hall–Kier alpha value is -3.31. The average molecular weight is 547 g/mol. The number of alkyl halides is 1. The molecule has 214 valence electrons. The quantitative estimate of drug-likeness (QED) is 0.479. The maximum atomic E-state index is 14.6. The van der Waals surface area contributed by atoms with Crippen LogP contribution in [-0.4, -0.2) is 76.8 Å². The molecule has 0 aliphatic carbocycles. The third-order valence-corrected chi connectivity index (χ3v) is 6.93. The number of hydrogen-bond acceptors (Lipinski definition) is 8. The monoisotopic (exact) mass is 546 g/mol. The number of nitrogens with two attached hydrogens (primary N) is 1. The second-order valence-electron chi connectivity index (χ2n) is 10.3. The zero-order valence-corrected chi connectivity index (χ0v) is 22.7. The Balaban J connectivity index is 1.86. The maximum Gasteiger partial charge on any atom is 0.329 e. The number of nitrogens with one attached hydrogen (secondary N) is 1. The fourth-order valence-corrected chi connectivity index (χ4v) is 4.77. The van der Waals surface area contributed by atoms with Crippen LogP contribution < -0.4 is 11.1 Å². The smallest absolute Gasteiger partial charge is 0.329 e. The predicted molar refractivity (Wildman–Crippen MR) is 142 cm³/mol. The van der Waals surface area contributed by atoms with Crippen LogP contribution in [-0.2, 0) is 20.7 Å². The maximum absolute atomic E-state index is 14.6. The van der Waals surface area contributed by atoms with Crippen molar-refractivity contribution in [1.29, 1.82) is 0 Å². The molecule has 11 heteroatoms. The number of halogens is 1. The number of oxazole rings is 1. The van der Waals surface area contributed by atoms with Gasteiger partial charge >= 0.3 is 5.97 Å². The van der Waals surface area contributed by atoms with Gasteiger partial charge in [0.1, 0.15) is 24.6 Å². The van der Waals surface area contributed by atoms with Crippen molar-refractivity contribution >= 4 is 17.8 Å². The second kappa shape index (κ2) is 14.2. The summed E-state index contributed by atoms with van der Waals surface area (Å²) in [4.78, 5) is 44.3. The van der Waals surface area contributed by atoms with Gasteiger partial charge in [-0.3, -0.25) is 9.59 Å². The number of carbonyl (C=O) groups excluding carboxylic acids is 3. The molecule has 6 atom stereocenters. The van der Waals surface area contributed by atoms with Gasteiger partial charge in [-0.05, 0) is 32.4 Å². The molecule has 2 bridgehead atoms. The van der Waals surface area contributed by atoms with Crippen molar-refractivity contribution in [2.45, 2.75) is 70.9 Å². The van der Waals surface area contributed by atoms with E-state index in [1.54, 1.807) is 25.2 Å². The summed E-state index contributed by atoms with van der Waals surface area (Å²) in [6.07, 6.45) is 6.71. The number of hydrogen-bond donors (Lipinski definition) is 3. The summed E-state index contributed by atoms with van der Waals surface area (Å²) < 4.78 is 25.8. The van der Waals surface area contributed by atoms with Gasteiger partial charge in [-0.25, -0.2) is 14.2 Å². The van der Waals surface area contributed by atoms with Crippen LogP contribution in [0.3, 0.4) is 0 Å². The number of esters is 1. The number of fused-ring (bicyclic) bond motifs is 3. The summed E-state index contributed by atoms with van der Waals surface area (Å²) in [5.74, 6) is -1.86. The number of nitrogens with zero attached hydrogens (tertiary/aromatic N) is 2. The molecule has 2 aliphatic heterocycles. The zero-order valence-electron chi connectivity index (χ0n) is 22.7. The van der Waals surface area contributed by atoms with Crippen molar-refractivity contribution in [1.82, 2.24) is 15.2 Å². The standard InChI is InChI=1S/C28H39FN4O6/c1-17-6-4-10-31-24(35)9-8-18(2)26(19(3)15-30)39-28(37)23-7-5-11-33(23)27(36)22-16-38-25(32-22)14-20(29)13-21(34)12-17/h4,6,8-9,12,16,18-21,23,26,34H,5,7,10-11,13-15,30H2,1-3H3,(H,31,35)/b6-4+,9-8+,17-12+/t18-,19-,20-,21-,23-,26+/m1/s1. The van der Waals surface area contributed by atoms with Gasteiger partial charge in [-0.2, -0.15) is 0 Å². The molecule has 10 nitrogen and oxygen atoms in total. The first kappa shape index (κ1) is 30.2. The van der Waals surface area contributed by atoms with Crippen LogP contribution >= 0.6 is 0 Å². The van der Waals surface area contributed by atoms with Crippen molar-refractivity contribution in [2.24, 2.45) is 17.6 Å². The van der Waals surface area contributed by atoms with Crippen LogP contribution in [0, 0.1) is 11.8 Å². The molecular formula is C28H39FN4O6. The zero-order chi connectivity index (χ0) is 28.5. The molecule has 0 unspecified atom stereocenters. The summed E-state index contributed by atoms with van der Waals surface area (Å²) in [5.41, 5.74) is 6.56. The topological polar surface area (TPSA) is 148 Å². The minimum atomic E-state index is -1.46. The molecule has 1 saturated heterocycles. The highest BCUT2D eigenvalue weighted by molar-refractivity contribution is 5.95. The van der Waals surface area contributed by atoms with Crippen molar-refractivity contribution in [3.8, 4) is 0 Å². The first-order valence-electron chi connectivity index (χ1n) is 13.4. The van der Waals surface area contributed by atoms with E-state index in [0.29, 0.717) is 25.0 Å². The summed E-state index contributed by atoms with van der Waals surface area (Å²) in [6.45, 7) is 6.31. The van der Waals surface area contributed by atoms with Crippen molar-refractivity contribution < 1.29 is 33.0 Å². The minimum absolute atomic E-state index is 0.0223. The lowest BCUT2D eigenvalue weighted by Gasteiger charge is -2.30. The van der Waals surface area contributed by atoms with Crippen LogP contribution in [0.5, 0.6) is 0 Å². The van der Waals surface area contributed by atoms with Crippen LogP contribution in [0.1, 0.15) is 56.4 Å². The van der Waals surface area contributed by atoms with Gasteiger partial charge in [0.15, 0.2) is 11.6 Å². The van der Waals surface area contributed by atoms with Gasteiger partial charge in [-0.15, -0.1) is 0 Å². The molecular weight excluding hydrogens is 507 g/mol. The Kier molecular flexibility index (Phi) is 11.0. The third kappa shape index (κ3) is 8.59. The molecule has 1 fully saturated rings. The van der Waals surface area contributed by atoms with Gasteiger partial charge in [-0.1, -0.05) is 43.7 Å². The SMILES string of the molecule is CC1=C\[C@@H](O)C[C@@H](F)Cc2nc(co2)C(=O)N2CCC[C@@H]2C(=O)O[C@H]([C@H](C)CN)[C@H](C)/C=C/C(=O)NC\C=C\1. The Labute approximate surface area is 228 Å². The normalized spacial score (nSPS) is 31.8.